The number of fused-ring (bicyclic) bond motifs is 1. The molecule has 0 radical (unpaired) electrons. The summed E-state index contributed by atoms with van der Waals surface area (Å²) in [6.07, 6.45) is 2.29. The summed E-state index contributed by atoms with van der Waals surface area (Å²) >= 11 is 0. The van der Waals surface area contributed by atoms with Crippen molar-refractivity contribution in [2.24, 2.45) is 0 Å². The van der Waals surface area contributed by atoms with Crippen molar-refractivity contribution in [2.45, 2.75) is 45.3 Å². The van der Waals surface area contributed by atoms with Gasteiger partial charge in [0.1, 0.15) is 11.5 Å². The number of hydrogen-bond donors (Lipinski definition) is 0. The minimum absolute atomic E-state index is 0.0215. The molecular formula is C20H24N2O2. The molecule has 0 bridgehead atoms. The summed E-state index contributed by atoms with van der Waals surface area (Å²) in [5, 5.41) is 0. The Balaban J connectivity index is 1.48. The van der Waals surface area contributed by atoms with E-state index in [0.29, 0.717) is 11.9 Å². The number of piperazine rings is 1. The third-order valence-electron chi connectivity index (χ3n) is 5.38. The fraction of sp³-hybridized carbons (Fsp3) is 0.450. The lowest BCUT2D eigenvalue weighted by molar-refractivity contribution is -0.143. The minimum Gasteiger partial charge on any atom is -0.461 e. The van der Waals surface area contributed by atoms with Gasteiger partial charge in [-0.15, -0.1) is 0 Å². The summed E-state index contributed by atoms with van der Waals surface area (Å²) in [5.74, 6) is 2.13. The number of nitrogens with zero attached hydrogens (tertiary/aromatic N) is 2. The lowest BCUT2D eigenvalue weighted by Crippen LogP contribution is -2.58. The van der Waals surface area contributed by atoms with Crippen LogP contribution in [0.1, 0.15) is 31.1 Å². The predicted molar refractivity (Wildman–Crippen MR) is 93.5 cm³/mol. The second-order valence-electron chi connectivity index (χ2n) is 7.04. The summed E-state index contributed by atoms with van der Waals surface area (Å²) in [6, 6.07) is 12.9. The Morgan fingerprint density at radius 2 is 1.96 bits per heavy atom. The fourth-order valence-electron chi connectivity index (χ4n) is 3.94. The van der Waals surface area contributed by atoms with Gasteiger partial charge in [0.2, 0.25) is 5.91 Å². The average molecular weight is 324 g/mol. The number of hydrogen-bond acceptors (Lipinski definition) is 3. The molecule has 3 heterocycles. The van der Waals surface area contributed by atoms with Crippen LogP contribution in [-0.4, -0.2) is 40.9 Å². The molecule has 2 saturated heterocycles. The smallest absolute Gasteiger partial charge is 0.239 e. The average Bonchev–Trinajstić information content (AvgIpc) is 3.22. The van der Waals surface area contributed by atoms with Crippen LogP contribution in [0.4, 0.5) is 0 Å². The van der Waals surface area contributed by atoms with Crippen LogP contribution < -0.4 is 0 Å². The monoisotopic (exact) mass is 324 g/mol. The normalized spacial score (nSPS) is 24.4. The summed E-state index contributed by atoms with van der Waals surface area (Å²) < 4.78 is 5.68. The minimum atomic E-state index is -0.0215. The predicted octanol–water partition coefficient (Wildman–Crippen LogP) is 3.45. The number of amides is 1. The Kier molecular flexibility index (Phi) is 3.93. The molecule has 1 amide bonds. The standard InChI is InChI=1S/C20H24N2O2/c1-14-5-10-19(24-14)17-8-6-16(7-9-17)12-21-13-18-4-3-11-22(18)20(23)15(21)2/h5-10,15,18H,3-4,11-13H2,1-2H3/t15-,18+/m1/s1. The van der Waals surface area contributed by atoms with Gasteiger partial charge in [-0.05, 0) is 44.4 Å². The van der Waals surface area contributed by atoms with E-state index in [1.165, 1.54) is 5.56 Å². The molecule has 126 valence electrons. The molecule has 4 heteroatoms. The molecule has 1 aromatic heterocycles. The van der Waals surface area contributed by atoms with Gasteiger partial charge in [-0.25, -0.2) is 0 Å². The summed E-state index contributed by atoms with van der Waals surface area (Å²) in [6.45, 7) is 6.76. The lowest BCUT2D eigenvalue weighted by atomic mass is 10.0. The third-order valence-corrected chi connectivity index (χ3v) is 5.38. The molecule has 0 aliphatic carbocycles. The van der Waals surface area contributed by atoms with Crippen molar-refractivity contribution in [3.63, 3.8) is 0 Å². The second-order valence-corrected chi connectivity index (χ2v) is 7.04. The van der Waals surface area contributed by atoms with Gasteiger partial charge in [0.05, 0.1) is 6.04 Å². The van der Waals surface area contributed by atoms with Crippen LogP contribution in [0.2, 0.25) is 0 Å². The van der Waals surface area contributed by atoms with E-state index in [1.54, 1.807) is 0 Å². The molecule has 0 N–H and O–H groups in total. The van der Waals surface area contributed by atoms with Crippen LogP contribution in [0.25, 0.3) is 11.3 Å². The maximum Gasteiger partial charge on any atom is 0.239 e. The van der Waals surface area contributed by atoms with Crippen LogP contribution in [0.5, 0.6) is 0 Å². The van der Waals surface area contributed by atoms with E-state index in [-0.39, 0.29) is 6.04 Å². The highest BCUT2D eigenvalue weighted by atomic mass is 16.3. The quantitative estimate of drug-likeness (QED) is 0.868. The molecule has 2 aliphatic heterocycles. The van der Waals surface area contributed by atoms with Crippen LogP contribution in [0.15, 0.2) is 40.8 Å². The second kappa shape index (κ2) is 6.10. The van der Waals surface area contributed by atoms with E-state index in [2.05, 4.69) is 34.1 Å². The van der Waals surface area contributed by atoms with Gasteiger partial charge in [0.15, 0.2) is 0 Å². The van der Waals surface area contributed by atoms with E-state index in [0.717, 1.165) is 49.6 Å². The highest BCUT2D eigenvalue weighted by molar-refractivity contribution is 5.83. The molecule has 0 unspecified atom stereocenters. The summed E-state index contributed by atoms with van der Waals surface area (Å²) in [4.78, 5) is 16.9. The van der Waals surface area contributed by atoms with Gasteiger partial charge in [-0.1, -0.05) is 24.3 Å². The largest absolute Gasteiger partial charge is 0.461 e. The Bertz CT molecular complexity index is 734. The molecular weight excluding hydrogens is 300 g/mol. The van der Waals surface area contributed by atoms with Crippen molar-refractivity contribution >= 4 is 5.91 Å². The number of furan rings is 1. The van der Waals surface area contributed by atoms with E-state index in [4.69, 9.17) is 4.42 Å². The molecule has 2 atom stereocenters. The molecule has 4 rings (SSSR count). The molecule has 2 aromatic rings. The van der Waals surface area contributed by atoms with Gasteiger partial charge >= 0.3 is 0 Å². The molecule has 2 fully saturated rings. The topological polar surface area (TPSA) is 36.7 Å². The molecule has 1 aromatic carbocycles. The number of rotatable bonds is 3. The first-order valence-electron chi connectivity index (χ1n) is 8.82. The Morgan fingerprint density at radius 1 is 1.17 bits per heavy atom. The molecule has 24 heavy (non-hydrogen) atoms. The third kappa shape index (κ3) is 2.75. The maximum atomic E-state index is 12.5. The number of aryl methyl sites for hydroxylation is 1. The van der Waals surface area contributed by atoms with Gasteiger partial charge in [-0.3, -0.25) is 9.69 Å². The van der Waals surface area contributed by atoms with E-state index < -0.39 is 0 Å². The van der Waals surface area contributed by atoms with E-state index in [1.807, 2.05) is 26.0 Å². The summed E-state index contributed by atoms with van der Waals surface area (Å²) in [7, 11) is 0. The zero-order valence-electron chi connectivity index (χ0n) is 14.4. The van der Waals surface area contributed by atoms with Crippen LogP contribution in [0, 0.1) is 6.92 Å². The van der Waals surface area contributed by atoms with Crippen molar-refractivity contribution in [2.75, 3.05) is 13.1 Å². The Hall–Kier alpha value is -2.07. The Labute approximate surface area is 143 Å². The molecule has 4 nitrogen and oxygen atoms in total. The van der Waals surface area contributed by atoms with Crippen molar-refractivity contribution in [1.82, 2.24) is 9.80 Å². The number of benzene rings is 1. The summed E-state index contributed by atoms with van der Waals surface area (Å²) in [5.41, 5.74) is 2.34. The zero-order valence-corrected chi connectivity index (χ0v) is 14.4. The highest BCUT2D eigenvalue weighted by Gasteiger charge is 2.39. The van der Waals surface area contributed by atoms with Gasteiger partial charge in [-0.2, -0.15) is 0 Å². The van der Waals surface area contributed by atoms with Crippen molar-refractivity contribution in [1.29, 1.82) is 0 Å². The highest BCUT2D eigenvalue weighted by Crippen LogP contribution is 2.27. The number of carbonyl (C=O) groups excluding carboxylic acids is 1. The molecule has 2 aliphatic rings. The maximum absolute atomic E-state index is 12.5. The first kappa shape index (κ1) is 15.5. The van der Waals surface area contributed by atoms with Crippen LogP contribution >= 0.6 is 0 Å². The van der Waals surface area contributed by atoms with Crippen LogP contribution in [0.3, 0.4) is 0 Å². The first-order chi connectivity index (χ1) is 11.6. The number of carbonyl (C=O) groups is 1. The van der Waals surface area contributed by atoms with Gasteiger partial charge < -0.3 is 9.32 Å². The lowest BCUT2D eigenvalue weighted by Gasteiger charge is -2.41. The van der Waals surface area contributed by atoms with Crippen LogP contribution in [-0.2, 0) is 11.3 Å². The van der Waals surface area contributed by atoms with Gasteiger partial charge in [0.25, 0.3) is 0 Å². The van der Waals surface area contributed by atoms with E-state index in [9.17, 15) is 4.79 Å². The molecule has 0 spiro atoms. The van der Waals surface area contributed by atoms with Crippen molar-refractivity contribution < 1.29 is 9.21 Å². The molecule has 0 saturated carbocycles. The Morgan fingerprint density at radius 3 is 2.67 bits per heavy atom. The van der Waals surface area contributed by atoms with Crippen molar-refractivity contribution in [3.8, 4) is 11.3 Å². The first-order valence-corrected chi connectivity index (χ1v) is 8.82. The van der Waals surface area contributed by atoms with E-state index >= 15 is 0 Å². The SMILES string of the molecule is Cc1ccc(-c2ccc(CN3C[C@@H]4CCCN4C(=O)[C@H]3C)cc2)o1. The van der Waals surface area contributed by atoms with Crippen molar-refractivity contribution in [3.05, 3.63) is 47.7 Å². The fourth-order valence-corrected chi connectivity index (χ4v) is 3.94. The zero-order chi connectivity index (χ0) is 16.7. The van der Waals surface area contributed by atoms with Gasteiger partial charge in [0, 0.05) is 31.2 Å².